The quantitative estimate of drug-likeness (QED) is 0.679. The molecule has 1 atom stereocenters. The molecule has 2 aliphatic heterocycles. The summed E-state index contributed by atoms with van der Waals surface area (Å²) >= 11 is 0. The van der Waals surface area contributed by atoms with Crippen molar-refractivity contribution in [3.63, 3.8) is 0 Å². The van der Waals surface area contributed by atoms with E-state index >= 15 is 0 Å². The van der Waals surface area contributed by atoms with Gasteiger partial charge in [0.05, 0.1) is 12.3 Å². The lowest BCUT2D eigenvalue weighted by Gasteiger charge is -2.45. The van der Waals surface area contributed by atoms with Crippen LogP contribution in [-0.4, -0.2) is 71.1 Å². The number of carbonyl (C=O) groups excluding carboxylic acids is 1. The van der Waals surface area contributed by atoms with E-state index in [2.05, 4.69) is 4.98 Å². The predicted molar refractivity (Wildman–Crippen MR) is 106 cm³/mol. The van der Waals surface area contributed by atoms with Crippen LogP contribution in [0.4, 0.5) is 0 Å². The second kappa shape index (κ2) is 8.51. The van der Waals surface area contributed by atoms with Crippen LogP contribution >= 0.6 is 0 Å². The topological polar surface area (TPSA) is 84.7 Å². The molecule has 0 unspecified atom stereocenters. The first kappa shape index (κ1) is 21.3. The Balaban J connectivity index is 1.79. The number of unbranched alkanes of at least 4 members (excludes halogenated alkanes) is 1. The van der Waals surface area contributed by atoms with Crippen molar-refractivity contribution >= 4 is 15.9 Å². The van der Waals surface area contributed by atoms with Gasteiger partial charge in [-0.25, -0.2) is 17.7 Å². The number of aromatic nitrogens is 2. The fourth-order valence-electron chi connectivity index (χ4n) is 4.19. The van der Waals surface area contributed by atoms with Gasteiger partial charge in [0.15, 0.2) is 6.10 Å². The number of imidazole rings is 1. The van der Waals surface area contributed by atoms with Gasteiger partial charge in [0.25, 0.3) is 5.91 Å². The van der Waals surface area contributed by atoms with Crippen molar-refractivity contribution in [1.82, 2.24) is 18.8 Å². The Morgan fingerprint density at radius 2 is 1.96 bits per heavy atom. The van der Waals surface area contributed by atoms with Gasteiger partial charge in [0, 0.05) is 38.6 Å². The summed E-state index contributed by atoms with van der Waals surface area (Å²) < 4.78 is 35.1. The second-order valence-corrected chi connectivity index (χ2v) is 9.67. The van der Waals surface area contributed by atoms with Crippen LogP contribution in [0.25, 0.3) is 0 Å². The Hall–Kier alpha value is -1.45. The first-order valence-electron chi connectivity index (χ1n) is 10.3. The standard InChI is InChI=1S/C19H32N4O4S/c1-4-7-14-28(25,26)23-11-8-19(9-12-23)18-20-10-13-22(18)15-16(27-19)17(24)21(5-2)6-3/h10,13,16H,4-9,11-12,14-15H2,1-3H3/t16-/m1/s1. The number of piperidine rings is 1. The predicted octanol–water partition coefficient (Wildman–Crippen LogP) is 1.57. The lowest BCUT2D eigenvalue weighted by atomic mass is 9.89. The number of carbonyl (C=O) groups is 1. The summed E-state index contributed by atoms with van der Waals surface area (Å²) in [6.07, 6.45) is 5.60. The smallest absolute Gasteiger partial charge is 0.253 e. The Bertz CT molecular complexity index is 780. The van der Waals surface area contributed by atoms with Crippen LogP contribution in [0.2, 0.25) is 0 Å². The minimum absolute atomic E-state index is 0.0123. The lowest BCUT2D eigenvalue weighted by Crippen LogP contribution is -2.55. The zero-order chi connectivity index (χ0) is 20.4. The molecule has 0 aliphatic carbocycles. The van der Waals surface area contributed by atoms with E-state index < -0.39 is 21.7 Å². The average Bonchev–Trinajstić information content (AvgIpc) is 3.17. The summed E-state index contributed by atoms with van der Waals surface area (Å²) in [5.74, 6) is 0.984. The molecule has 8 nitrogen and oxygen atoms in total. The molecule has 9 heteroatoms. The summed E-state index contributed by atoms with van der Waals surface area (Å²) in [5, 5.41) is 0. The third kappa shape index (κ3) is 3.97. The number of amides is 1. The summed E-state index contributed by atoms with van der Waals surface area (Å²) in [6, 6.07) is 0. The third-order valence-corrected chi connectivity index (χ3v) is 7.84. The maximum absolute atomic E-state index is 12.9. The molecule has 1 saturated heterocycles. The van der Waals surface area contributed by atoms with Crippen molar-refractivity contribution in [2.45, 2.75) is 64.7 Å². The van der Waals surface area contributed by atoms with E-state index in [4.69, 9.17) is 4.74 Å². The van der Waals surface area contributed by atoms with Gasteiger partial charge in [-0.3, -0.25) is 4.79 Å². The molecular formula is C19H32N4O4S. The molecule has 3 heterocycles. The number of ether oxygens (including phenoxy) is 1. The molecule has 3 rings (SSSR count). The number of sulfonamides is 1. The third-order valence-electron chi connectivity index (χ3n) is 5.88. The van der Waals surface area contributed by atoms with Crippen LogP contribution < -0.4 is 0 Å². The first-order chi connectivity index (χ1) is 13.4. The molecule has 2 aliphatic rings. The van der Waals surface area contributed by atoms with Gasteiger partial charge in [0.2, 0.25) is 10.0 Å². The number of fused-ring (bicyclic) bond motifs is 2. The van der Waals surface area contributed by atoms with Gasteiger partial charge in [-0.15, -0.1) is 0 Å². The van der Waals surface area contributed by atoms with Crippen LogP contribution in [0.1, 0.15) is 52.3 Å². The average molecular weight is 413 g/mol. The highest BCUT2D eigenvalue weighted by Gasteiger charge is 2.48. The van der Waals surface area contributed by atoms with E-state index in [9.17, 15) is 13.2 Å². The van der Waals surface area contributed by atoms with Crippen molar-refractivity contribution in [3.8, 4) is 0 Å². The zero-order valence-corrected chi connectivity index (χ0v) is 17.9. The summed E-state index contributed by atoms with van der Waals surface area (Å²) in [6.45, 7) is 8.43. The van der Waals surface area contributed by atoms with Gasteiger partial charge in [-0.05, 0) is 33.1 Å². The maximum Gasteiger partial charge on any atom is 0.253 e. The fraction of sp³-hybridized carbons (Fsp3) is 0.789. The normalized spacial score (nSPS) is 22.2. The summed E-state index contributed by atoms with van der Waals surface area (Å²) in [5.41, 5.74) is -0.702. The lowest BCUT2D eigenvalue weighted by molar-refractivity contribution is -0.178. The van der Waals surface area contributed by atoms with Gasteiger partial charge in [0.1, 0.15) is 11.4 Å². The van der Waals surface area contributed by atoms with E-state index in [-0.39, 0.29) is 11.7 Å². The minimum atomic E-state index is -3.24. The molecule has 158 valence electrons. The highest BCUT2D eigenvalue weighted by Crippen LogP contribution is 2.41. The number of hydrogen-bond acceptors (Lipinski definition) is 5. The zero-order valence-electron chi connectivity index (χ0n) is 17.1. The molecule has 0 saturated carbocycles. The molecule has 0 bridgehead atoms. The molecule has 0 N–H and O–H groups in total. The SMILES string of the molecule is CCCCS(=O)(=O)N1CCC2(CC1)O[C@@H](C(=O)N(CC)CC)Cn1ccnc12. The van der Waals surface area contributed by atoms with Crippen molar-refractivity contribution in [1.29, 1.82) is 0 Å². The largest absolute Gasteiger partial charge is 0.352 e. The van der Waals surface area contributed by atoms with Crippen molar-refractivity contribution in [2.24, 2.45) is 0 Å². The molecule has 1 aromatic heterocycles. The van der Waals surface area contributed by atoms with E-state index in [0.717, 1.165) is 12.2 Å². The Labute approximate surface area is 167 Å². The van der Waals surface area contributed by atoms with E-state index in [1.54, 1.807) is 15.4 Å². The number of hydrogen-bond donors (Lipinski definition) is 0. The van der Waals surface area contributed by atoms with Gasteiger partial charge < -0.3 is 14.2 Å². The molecule has 1 aromatic rings. The summed E-state index contributed by atoms with van der Waals surface area (Å²) in [7, 11) is -3.24. The van der Waals surface area contributed by atoms with Crippen LogP contribution in [0.3, 0.4) is 0 Å². The molecular weight excluding hydrogens is 380 g/mol. The fourth-order valence-corrected chi connectivity index (χ4v) is 5.84. The van der Waals surface area contributed by atoms with Crippen molar-refractivity contribution < 1.29 is 17.9 Å². The molecule has 1 amide bonds. The van der Waals surface area contributed by atoms with Crippen LogP contribution in [0.5, 0.6) is 0 Å². The number of nitrogens with zero attached hydrogens (tertiary/aromatic N) is 4. The molecule has 0 radical (unpaired) electrons. The first-order valence-corrected chi connectivity index (χ1v) is 11.9. The van der Waals surface area contributed by atoms with Crippen molar-refractivity contribution in [2.75, 3.05) is 31.9 Å². The maximum atomic E-state index is 12.9. The van der Waals surface area contributed by atoms with Gasteiger partial charge >= 0.3 is 0 Å². The Morgan fingerprint density at radius 3 is 2.57 bits per heavy atom. The molecule has 1 fully saturated rings. The highest BCUT2D eigenvalue weighted by atomic mass is 32.2. The number of rotatable bonds is 7. The summed E-state index contributed by atoms with van der Waals surface area (Å²) in [4.78, 5) is 19.2. The van der Waals surface area contributed by atoms with Gasteiger partial charge in [-0.2, -0.15) is 0 Å². The molecule has 0 aromatic carbocycles. The van der Waals surface area contributed by atoms with Crippen LogP contribution in [0.15, 0.2) is 12.4 Å². The van der Waals surface area contributed by atoms with Crippen LogP contribution in [-0.2, 0) is 31.7 Å². The van der Waals surface area contributed by atoms with Crippen LogP contribution in [0, 0.1) is 0 Å². The van der Waals surface area contributed by atoms with E-state index in [1.165, 1.54) is 0 Å². The molecule has 28 heavy (non-hydrogen) atoms. The molecule has 1 spiro atoms. The van der Waals surface area contributed by atoms with E-state index in [0.29, 0.717) is 52.0 Å². The highest BCUT2D eigenvalue weighted by molar-refractivity contribution is 7.89. The van der Waals surface area contributed by atoms with E-state index in [1.807, 2.05) is 31.5 Å². The minimum Gasteiger partial charge on any atom is -0.352 e. The monoisotopic (exact) mass is 412 g/mol. The van der Waals surface area contributed by atoms with Crippen molar-refractivity contribution in [3.05, 3.63) is 18.2 Å². The number of likely N-dealkylation sites (N-methyl/N-ethyl adjacent to an activating group) is 1. The second-order valence-electron chi connectivity index (χ2n) is 7.58. The Morgan fingerprint density at radius 1 is 1.29 bits per heavy atom. The van der Waals surface area contributed by atoms with Gasteiger partial charge in [-0.1, -0.05) is 13.3 Å². The Kier molecular flexibility index (Phi) is 6.46.